The maximum absolute atomic E-state index is 13.1. The van der Waals surface area contributed by atoms with Crippen LogP contribution >= 0.6 is 0 Å². The molecular formula is C25H34N2O3. The number of hydrogen-bond acceptors (Lipinski definition) is 3. The normalized spacial score (nSPS) is 12.7. The average Bonchev–Trinajstić information content (AvgIpc) is 2.76. The van der Waals surface area contributed by atoms with Crippen molar-refractivity contribution in [2.45, 2.75) is 66.1 Å². The van der Waals surface area contributed by atoms with Crippen molar-refractivity contribution in [1.82, 2.24) is 10.2 Å². The van der Waals surface area contributed by atoms with Gasteiger partial charge >= 0.3 is 0 Å². The van der Waals surface area contributed by atoms with E-state index in [9.17, 15) is 9.59 Å². The van der Waals surface area contributed by atoms with Gasteiger partial charge in [-0.05, 0) is 62.4 Å². The summed E-state index contributed by atoms with van der Waals surface area (Å²) in [5.41, 5.74) is 3.31. The Morgan fingerprint density at radius 3 is 2.30 bits per heavy atom. The molecule has 0 aliphatic heterocycles. The molecule has 0 radical (unpaired) electrons. The first-order chi connectivity index (χ1) is 14.3. The van der Waals surface area contributed by atoms with E-state index >= 15 is 0 Å². The predicted octanol–water partition coefficient (Wildman–Crippen LogP) is 4.27. The molecule has 2 amide bonds. The van der Waals surface area contributed by atoms with E-state index in [0.29, 0.717) is 12.3 Å². The molecule has 0 fully saturated rings. The zero-order valence-corrected chi connectivity index (χ0v) is 18.8. The molecule has 5 heteroatoms. The summed E-state index contributed by atoms with van der Waals surface area (Å²) >= 11 is 0. The van der Waals surface area contributed by atoms with Crippen LogP contribution in [0.1, 0.15) is 50.8 Å². The van der Waals surface area contributed by atoms with E-state index in [1.165, 1.54) is 5.56 Å². The largest absolute Gasteiger partial charge is 0.484 e. The van der Waals surface area contributed by atoms with Gasteiger partial charge in [-0.15, -0.1) is 0 Å². The van der Waals surface area contributed by atoms with Crippen LogP contribution in [0.3, 0.4) is 0 Å². The number of hydrogen-bond donors (Lipinski definition) is 1. The second-order valence-electron chi connectivity index (χ2n) is 7.73. The molecule has 0 unspecified atom stereocenters. The summed E-state index contributed by atoms with van der Waals surface area (Å²) in [5, 5.41) is 2.98. The fourth-order valence-corrected chi connectivity index (χ4v) is 3.07. The van der Waals surface area contributed by atoms with E-state index < -0.39 is 6.04 Å². The molecule has 162 valence electrons. The summed E-state index contributed by atoms with van der Waals surface area (Å²) in [6, 6.07) is 15.1. The van der Waals surface area contributed by atoms with Crippen LogP contribution in [0.15, 0.2) is 48.5 Å². The Kier molecular flexibility index (Phi) is 8.90. The third-order valence-electron chi connectivity index (χ3n) is 5.46. The Morgan fingerprint density at radius 2 is 1.70 bits per heavy atom. The van der Waals surface area contributed by atoms with Crippen molar-refractivity contribution < 1.29 is 14.3 Å². The fourth-order valence-electron chi connectivity index (χ4n) is 3.07. The van der Waals surface area contributed by atoms with Gasteiger partial charge in [0.1, 0.15) is 11.8 Å². The van der Waals surface area contributed by atoms with Crippen molar-refractivity contribution in [3.8, 4) is 5.75 Å². The summed E-state index contributed by atoms with van der Waals surface area (Å²) < 4.78 is 5.73. The number of carbonyl (C=O) groups is 2. The molecule has 5 nitrogen and oxygen atoms in total. The van der Waals surface area contributed by atoms with Gasteiger partial charge in [0.25, 0.3) is 5.91 Å². The number of benzene rings is 2. The summed E-state index contributed by atoms with van der Waals surface area (Å²) in [6.07, 6.45) is 1.79. The first-order valence-corrected chi connectivity index (χ1v) is 10.7. The fraction of sp³-hybridized carbons (Fsp3) is 0.440. The van der Waals surface area contributed by atoms with E-state index in [4.69, 9.17) is 4.74 Å². The lowest BCUT2D eigenvalue weighted by Gasteiger charge is -2.30. The third-order valence-corrected chi connectivity index (χ3v) is 5.46. The Bertz CT molecular complexity index is 833. The van der Waals surface area contributed by atoms with E-state index in [-0.39, 0.29) is 24.5 Å². The number of ether oxygens (including phenoxy) is 1. The number of rotatable bonds is 10. The molecule has 0 aliphatic carbocycles. The van der Waals surface area contributed by atoms with Gasteiger partial charge in [0.2, 0.25) is 5.91 Å². The zero-order valence-electron chi connectivity index (χ0n) is 18.8. The van der Waals surface area contributed by atoms with Gasteiger partial charge in [-0.2, -0.15) is 0 Å². The molecule has 2 rings (SSSR count). The molecular weight excluding hydrogens is 376 g/mol. The highest BCUT2D eigenvalue weighted by molar-refractivity contribution is 5.88. The van der Waals surface area contributed by atoms with Gasteiger partial charge in [0.05, 0.1) is 0 Å². The standard InChI is InChI=1S/C25H34N2O3/c1-6-19(4)26-25(29)20(5)27(16-22-11-9-8-10-18(22)3)24(28)17-30-23-14-12-21(7-2)13-15-23/h8-15,19-20H,6-7,16-17H2,1-5H3,(H,26,29)/t19-,20+/m0/s1. The highest BCUT2D eigenvalue weighted by Gasteiger charge is 2.27. The number of aryl methyl sites for hydroxylation is 2. The smallest absolute Gasteiger partial charge is 0.261 e. The van der Waals surface area contributed by atoms with Gasteiger partial charge in [-0.1, -0.05) is 50.2 Å². The lowest BCUT2D eigenvalue weighted by atomic mass is 10.1. The van der Waals surface area contributed by atoms with Crippen LogP contribution in [-0.2, 0) is 22.6 Å². The van der Waals surface area contributed by atoms with Gasteiger partial charge < -0.3 is 15.0 Å². The van der Waals surface area contributed by atoms with E-state index in [2.05, 4.69) is 12.2 Å². The molecule has 0 aliphatic rings. The molecule has 0 aromatic heterocycles. The summed E-state index contributed by atoms with van der Waals surface area (Å²) in [5.74, 6) is 0.274. The maximum atomic E-state index is 13.1. The quantitative estimate of drug-likeness (QED) is 0.636. The van der Waals surface area contributed by atoms with E-state index in [1.54, 1.807) is 11.8 Å². The summed E-state index contributed by atoms with van der Waals surface area (Å²) in [4.78, 5) is 27.4. The maximum Gasteiger partial charge on any atom is 0.261 e. The van der Waals surface area contributed by atoms with Crippen LogP contribution in [0.2, 0.25) is 0 Å². The van der Waals surface area contributed by atoms with Crippen LogP contribution in [-0.4, -0.2) is 35.4 Å². The average molecular weight is 411 g/mol. The number of amides is 2. The van der Waals surface area contributed by atoms with Crippen molar-refractivity contribution in [1.29, 1.82) is 0 Å². The highest BCUT2D eigenvalue weighted by Crippen LogP contribution is 2.16. The lowest BCUT2D eigenvalue weighted by molar-refractivity contribution is -0.142. The molecule has 0 spiro atoms. The van der Waals surface area contributed by atoms with Crippen molar-refractivity contribution in [2.24, 2.45) is 0 Å². The lowest BCUT2D eigenvalue weighted by Crippen LogP contribution is -2.50. The topological polar surface area (TPSA) is 58.6 Å². The van der Waals surface area contributed by atoms with Crippen LogP contribution in [0.5, 0.6) is 5.75 Å². The SMILES string of the molecule is CCc1ccc(OCC(=O)N(Cc2ccccc2C)[C@H](C)C(=O)N[C@@H](C)CC)cc1. The molecule has 0 bridgehead atoms. The van der Waals surface area contributed by atoms with E-state index in [0.717, 1.165) is 24.0 Å². The van der Waals surface area contributed by atoms with Crippen molar-refractivity contribution in [3.63, 3.8) is 0 Å². The Morgan fingerprint density at radius 1 is 1.03 bits per heavy atom. The van der Waals surface area contributed by atoms with Crippen LogP contribution in [0, 0.1) is 6.92 Å². The molecule has 0 heterocycles. The predicted molar refractivity (Wildman–Crippen MR) is 120 cm³/mol. The Balaban J connectivity index is 2.14. The van der Waals surface area contributed by atoms with Gasteiger partial charge in [-0.3, -0.25) is 9.59 Å². The molecule has 2 aromatic carbocycles. The molecule has 1 N–H and O–H groups in total. The second-order valence-corrected chi connectivity index (χ2v) is 7.73. The minimum atomic E-state index is -0.600. The molecule has 2 aromatic rings. The first-order valence-electron chi connectivity index (χ1n) is 10.7. The first kappa shape index (κ1) is 23.5. The highest BCUT2D eigenvalue weighted by atomic mass is 16.5. The van der Waals surface area contributed by atoms with Gasteiger partial charge in [0, 0.05) is 12.6 Å². The summed E-state index contributed by atoms with van der Waals surface area (Å²) in [6.45, 7) is 10.1. The minimum absolute atomic E-state index is 0.0590. The number of nitrogens with one attached hydrogen (secondary N) is 1. The van der Waals surface area contributed by atoms with Crippen LogP contribution in [0.4, 0.5) is 0 Å². The van der Waals surface area contributed by atoms with Crippen molar-refractivity contribution >= 4 is 11.8 Å². The third kappa shape index (κ3) is 6.61. The van der Waals surface area contributed by atoms with Gasteiger partial charge in [-0.25, -0.2) is 0 Å². The zero-order chi connectivity index (χ0) is 22.1. The van der Waals surface area contributed by atoms with Crippen molar-refractivity contribution in [3.05, 3.63) is 65.2 Å². The second kappa shape index (κ2) is 11.4. The Labute approximate surface area is 180 Å². The summed E-state index contributed by atoms with van der Waals surface area (Å²) in [7, 11) is 0. The molecule has 2 atom stereocenters. The molecule has 30 heavy (non-hydrogen) atoms. The van der Waals surface area contributed by atoms with Crippen molar-refractivity contribution in [2.75, 3.05) is 6.61 Å². The van der Waals surface area contributed by atoms with Crippen LogP contribution in [0.25, 0.3) is 0 Å². The molecule has 0 saturated heterocycles. The molecule has 0 saturated carbocycles. The minimum Gasteiger partial charge on any atom is -0.484 e. The monoisotopic (exact) mass is 410 g/mol. The van der Waals surface area contributed by atoms with E-state index in [1.807, 2.05) is 69.3 Å². The number of nitrogens with zero attached hydrogens (tertiary/aromatic N) is 1. The van der Waals surface area contributed by atoms with Gasteiger partial charge in [0.15, 0.2) is 6.61 Å². The number of carbonyl (C=O) groups excluding carboxylic acids is 2. The van der Waals surface area contributed by atoms with Crippen LogP contribution < -0.4 is 10.1 Å². The Hall–Kier alpha value is -2.82.